The molecule has 0 bridgehead atoms. The van der Waals surface area contributed by atoms with Crippen molar-refractivity contribution in [3.63, 3.8) is 0 Å². The molecular formula is C12H25NO2. The molecule has 3 nitrogen and oxygen atoms in total. The van der Waals surface area contributed by atoms with Gasteiger partial charge in [-0.05, 0) is 26.3 Å². The molecule has 2 atom stereocenters. The van der Waals surface area contributed by atoms with Crippen molar-refractivity contribution in [2.45, 2.75) is 39.2 Å². The molecule has 15 heavy (non-hydrogen) atoms. The van der Waals surface area contributed by atoms with E-state index in [2.05, 4.69) is 19.2 Å². The van der Waals surface area contributed by atoms with Crippen molar-refractivity contribution in [3.8, 4) is 0 Å². The Kier molecular flexibility index (Phi) is 6.98. The second-order valence-corrected chi connectivity index (χ2v) is 4.43. The molecule has 2 unspecified atom stereocenters. The van der Waals surface area contributed by atoms with Crippen LogP contribution in [-0.2, 0) is 9.47 Å². The highest BCUT2D eigenvalue weighted by atomic mass is 16.5. The molecule has 3 heteroatoms. The molecule has 0 radical (unpaired) electrons. The summed E-state index contributed by atoms with van der Waals surface area (Å²) in [5.41, 5.74) is 0. The van der Waals surface area contributed by atoms with E-state index in [1.807, 2.05) is 0 Å². The first kappa shape index (κ1) is 12.9. The highest BCUT2D eigenvalue weighted by Gasteiger charge is 2.16. The number of rotatable bonds is 8. The van der Waals surface area contributed by atoms with Crippen molar-refractivity contribution in [1.29, 1.82) is 0 Å². The lowest BCUT2D eigenvalue weighted by molar-refractivity contribution is 0.0370. The molecular weight excluding hydrogens is 190 g/mol. The monoisotopic (exact) mass is 215 g/mol. The fraction of sp³-hybridized carbons (Fsp3) is 1.00. The Morgan fingerprint density at radius 1 is 1.53 bits per heavy atom. The fourth-order valence-electron chi connectivity index (χ4n) is 1.68. The maximum atomic E-state index is 5.76. The summed E-state index contributed by atoms with van der Waals surface area (Å²) in [6.45, 7) is 9.07. The maximum absolute atomic E-state index is 5.76. The first-order chi connectivity index (χ1) is 7.33. The Labute approximate surface area is 93.5 Å². The van der Waals surface area contributed by atoms with Crippen LogP contribution >= 0.6 is 0 Å². The van der Waals surface area contributed by atoms with E-state index in [0.29, 0.717) is 12.0 Å². The Balaban J connectivity index is 1.90. The highest BCUT2D eigenvalue weighted by Crippen LogP contribution is 2.12. The number of unbranched alkanes of at least 4 members (excludes halogenated alkanes) is 1. The van der Waals surface area contributed by atoms with Crippen LogP contribution < -0.4 is 5.32 Å². The third-order valence-corrected chi connectivity index (χ3v) is 2.78. The average Bonchev–Trinajstić information content (AvgIpc) is 2.74. The first-order valence-electron chi connectivity index (χ1n) is 6.23. The van der Waals surface area contributed by atoms with Crippen molar-refractivity contribution in [2.24, 2.45) is 5.92 Å². The molecule has 1 fully saturated rings. The lowest BCUT2D eigenvalue weighted by Gasteiger charge is -2.16. The van der Waals surface area contributed by atoms with Crippen LogP contribution in [0.4, 0.5) is 0 Å². The van der Waals surface area contributed by atoms with Gasteiger partial charge in [-0.25, -0.2) is 0 Å². The second kappa shape index (κ2) is 8.08. The largest absolute Gasteiger partial charge is 0.381 e. The number of ether oxygens (including phenoxy) is 2. The molecule has 1 aliphatic rings. The van der Waals surface area contributed by atoms with E-state index in [0.717, 1.165) is 39.3 Å². The molecule has 90 valence electrons. The van der Waals surface area contributed by atoms with E-state index in [1.54, 1.807) is 0 Å². The van der Waals surface area contributed by atoms with Crippen LogP contribution in [0.2, 0.25) is 0 Å². The number of hydrogen-bond acceptors (Lipinski definition) is 3. The molecule has 1 rings (SSSR count). The minimum Gasteiger partial charge on any atom is -0.381 e. The molecule has 1 N–H and O–H groups in total. The first-order valence-corrected chi connectivity index (χ1v) is 6.23. The third kappa shape index (κ3) is 6.13. The summed E-state index contributed by atoms with van der Waals surface area (Å²) in [4.78, 5) is 0. The van der Waals surface area contributed by atoms with Crippen LogP contribution in [0, 0.1) is 5.92 Å². The fourth-order valence-corrected chi connectivity index (χ4v) is 1.68. The van der Waals surface area contributed by atoms with Gasteiger partial charge in [-0.15, -0.1) is 0 Å². The van der Waals surface area contributed by atoms with Crippen molar-refractivity contribution < 1.29 is 9.47 Å². The lowest BCUT2D eigenvalue weighted by Crippen LogP contribution is -2.29. The Morgan fingerprint density at radius 3 is 3.07 bits per heavy atom. The van der Waals surface area contributed by atoms with Crippen molar-refractivity contribution in [1.82, 2.24) is 5.32 Å². The van der Waals surface area contributed by atoms with E-state index in [4.69, 9.17) is 9.47 Å². The zero-order valence-corrected chi connectivity index (χ0v) is 10.1. The normalized spacial score (nSPS) is 23.2. The number of nitrogens with one attached hydrogen (secondary N) is 1. The predicted molar refractivity (Wildman–Crippen MR) is 62.1 cm³/mol. The third-order valence-electron chi connectivity index (χ3n) is 2.78. The van der Waals surface area contributed by atoms with Crippen LogP contribution in [0.25, 0.3) is 0 Å². The molecule has 0 amide bonds. The van der Waals surface area contributed by atoms with E-state index >= 15 is 0 Å². The topological polar surface area (TPSA) is 30.5 Å². The van der Waals surface area contributed by atoms with Gasteiger partial charge in [0, 0.05) is 19.1 Å². The Bertz CT molecular complexity index is 147. The van der Waals surface area contributed by atoms with E-state index in [9.17, 15) is 0 Å². The molecule has 0 aromatic rings. The minimum absolute atomic E-state index is 0.322. The lowest BCUT2D eigenvalue weighted by atomic mass is 10.1. The van der Waals surface area contributed by atoms with Gasteiger partial charge in [0.1, 0.15) is 0 Å². The standard InChI is InChI=1S/C12H25NO2/c1-3-4-6-13-8-11(2)15-10-12-5-7-14-9-12/h11-13H,3-10H2,1-2H3. The Morgan fingerprint density at radius 2 is 2.40 bits per heavy atom. The van der Waals surface area contributed by atoms with Gasteiger partial charge in [0.15, 0.2) is 0 Å². The maximum Gasteiger partial charge on any atom is 0.0671 e. The summed E-state index contributed by atoms with van der Waals surface area (Å²) >= 11 is 0. The number of hydrogen-bond donors (Lipinski definition) is 1. The second-order valence-electron chi connectivity index (χ2n) is 4.43. The van der Waals surface area contributed by atoms with Gasteiger partial charge >= 0.3 is 0 Å². The van der Waals surface area contributed by atoms with E-state index < -0.39 is 0 Å². The SMILES string of the molecule is CCCCNCC(C)OCC1CCOC1. The summed E-state index contributed by atoms with van der Waals surface area (Å²) in [5, 5.41) is 3.41. The smallest absolute Gasteiger partial charge is 0.0671 e. The van der Waals surface area contributed by atoms with E-state index in [-0.39, 0.29) is 0 Å². The van der Waals surface area contributed by atoms with E-state index in [1.165, 1.54) is 12.8 Å². The average molecular weight is 215 g/mol. The van der Waals surface area contributed by atoms with Crippen molar-refractivity contribution >= 4 is 0 Å². The molecule has 1 heterocycles. The molecule has 0 aromatic carbocycles. The molecule has 1 aliphatic heterocycles. The summed E-state index contributed by atoms with van der Waals surface area (Å²) in [7, 11) is 0. The zero-order valence-electron chi connectivity index (χ0n) is 10.1. The molecule has 0 saturated carbocycles. The van der Waals surface area contributed by atoms with Crippen molar-refractivity contribution in [2.75, 3.05) is 32.9 Å². The Hall–Kier alpha value is -0.120. The van der Waals surface area contributed by atoms with Gasteiger partial charge in [0.25, 0.3) is 0 Å². The molecule has 0 aliphatic carbocycles. The minimum atomic E-state index is 0.322. The van der Waals surface area contributed by atoms with Crippen LogP contribution in [0.5, 0.6) is 0 Å². The highest BCUT2D eigenvalue weighted by molar-refractivity contribution is 4.64. The summed E-state index contributed by atoms with van der Waals surface area (Å²) in [6.07, 6.45) is 3.99. The van der Waals surface area contributed by atoms with Crippen LogP contribution in [0.3, 0.4) is 0 Å². The van der Waals surface area contributed by atoms with Crippen molar-refractivity contribution in [3.05, 3.63) is 0 Å². The van der Waals surface area contributed by atoms with Gasteiger partial charge in [-0.2, -0.15) is 0 Å². The van der Waals surface area contributed by atoms with Gasteiger partial charge < -0.3 is 14.8 Å². The zero-order chi connectivity index (χ0) is 10.9. The van der Waals surface area contributed by atoms with Gasteiger partial charge in [0.2, 0.25) is 0 Å². The summed E-state index contributed by atoms with van der Waals surface area (Å²) in [5.74, 6) is 0.628. The molecule has 0 aromatic heterocycles. The quantitative estimate of drug-likeness (QED) is 0.626. The van der Waals surface area contributed by atoms with Crippen LogP contribution in [0.1, 0.15) is 33.1 Å². The van der Waals surface area contributed by atoms with Gasteiger partial charge in [-0.3, -0.25) is 0 Å². The van der Waals surface area contributed by atoms with Crippen LogP contribution in [-0.4, -0.2) is 39.0 Å². The van der Waals surface area contributed by atoms with Gasteiger partial charge in [-0.1, -0.05) is 13.3 Å². The summed E-state index contributed by atoms with van der Waals surface area (Å²) < 4.78 is 11.1. The van der Waals surface area contributed by atoms with Crippen LogP contribution in [0.15, 0.2) is 0 Å². The summed E-state index contributed by atoms with van der Waals surface area (Å²) in [6, 6.07) is 0. The molecule has 1 saturated heterocycles. The van der Waals surface area contributed by atoms with Gasteiger partial charge in [0.05, 0.1) is 19.3 Å². The molecule has 0 spiro atoms. The predicted octanol–water partition coefficient (Wildman–Crippen LogP) is 1.82.